The van der Waals surface area contributed by atoms with Crippen LogP contribution in [0.4, 0.5) is 5.69 Å². The Hall–Kier alpha value is -2.01. The van der Waals surface area contributed by atoms with Gasteiger partial charge in [-0.3, -0.25) is 5.10 Å². The zero-order chi connectivity index (χ0) is 14.7. The van der Waals surface area contributed by atoms with Crippen LogP contribution in [-0.4, -0.2) is 20.2 Å². The number of hydrogen-bond donors (Lipinski definition) is 3. The van der Waals surface area contributed by atoms with Gasteiger partial charge in [0.15, 0.2) is 5.15 Å². The molecule has 0 aliphatic heterocycles. The monoisotopic (exact) mass is 303 g/mol. The second kappa shape index (κ2) is 6.18. The lowest BCUT2D eigenvalue weighted by Crippen LogP contribution is -2.00. The van der Waals surface area contributed by atoms with Crippen molar-refractivity contribution in [2.75, 3.05) is 5.32 Å². The number of hydrogen-bond acceptors (Lipinski definition) is 3. The molecule has 3 N–H and O–H groups in total. The van der Waals surface area contributed by atoms with Crippen LogP contribution in [0.15, 0.2) is 24.4 Å². The maximum absolute atomic E-state index is 6.17. The molecule has 0 saturated heterocycles. The first kappa shape index (κ1) is 13.9. The van der Waals surface area contributed by atoms with Gasteiger partial charge in [-0.05, 0) is 24.6 Å². The van der Waals surface area contributed by atoms with Crippen LogP contribution in [-0.2, 0) is 13.0 Å². The third-order valence-corrected chi connectivity index (χ3v) is 3.77. The summed E-state index contributed by atoms with van der Waals surface area (Å²) < 4.78 is 0. The van der Waals surface area contributed by atoms with Gasteiger partial charge in [-0.25, -0.2) is 4.98 Å². The van der Waals surface area contributed by atoms with Crippen molar-refractivity contribution in [2.24, 2.45) is 0 Å². The van der Waals surface area contributed by atoms with Crippen LogP contribution in [0.1, 0.15) is 31.3 Å². The third kappa shape index (κ3) is 3.19. The van der Waals surface area contributed by atoms with E-state index in [9.17, 15) is 0 Å². The van der Waals surface area contributed by atoms with E-state index >= 15 is 0 Å². The minimum absolute atomic E-state index is 0.554. The molecule has 1 aromatic carbocycles. The summed E-state index contributed by atoms with van der Waals surface area (Å²) in [6.07, 6.45) is 5.02. The van der Waals surface area contributed by atoms with Crippen molar-refractivity contribution in [2.45, 2.75) is 32.7 Å². The average Bonchev–Trinajstić information content (AvgIpc) is 3.08. The molecule has 0 aliphatic rings. The molecule has 5 nitrogen and oxygen atoms in total. The maximum Gasteiger partial charge on any atom is 0.152 e. The van der Waals surface area contributed by atoms with Crippen molar-refractivity contribution in [3.63, 3.8) is 0 Å². The minimum Gasteiger partial charge on any atom is -0.379 e. The van der Waals surface area contributed by atoms with Crippen LogP contribution in [0.2, 0.25) is 5.15 Å². The van der Waals surface area contributed by atoms with Crippen LogP contribution in [0.25, 0.3) is 10.9 Å². The summed E-state index contributed by atoms with van der Waals surface area (Å²) in [5.41, 5.74) is 2.99. The van der Waals surface area contributed by atoms with Gasteiger partial charge >= 0.3 is 0 Å². The van der Waals surface area contributed by atoms with Crippen molar-refractivity contribution in [3.05, 3.63) is 41.1 Å². The standard InChI is InChI=1S/C15H18ClN5/c1-2-3-4-14-19-13(15(16)20-14)9-17-11-5-6-12-10(7-11)8-18-21-12/h5-8,17H,2-4,9H2,1H3,(H,18,21)(H,19,20). The van der Waals surface area contributed by atoms with Crippen molar-refractivity contribution < 1.29 is 0 Å². The second-order valence-corrected chi connectivity index (χ2v) is 5.44. The zero-order valence-electron chi connectivity index (χ0n) is 11.9. The van der Waals surface area contributed by atoms with Gasteiger partial charge in [0.05, 0.1) is 24.0 Å². The molecule has 0 amide bonds. The molecule has 110 valence electrons. The molecule has 6 heteroatoms. The van der Waals surface area contributed by atoms with Gasteiger partial charge in [-0.1, -0.05) is 24.9 Å². The van der Waals surface area contributed by atoms with Crippen LogP contribution in [0.3, 0.4) is 0 Å². The molecule has 0 atom stereocenters. The Morgan fingerprint density at radius 2 is 2.24 bits per heavy atom. The number of unbranched alkanes of at least 4 members (excludes halogenated alkanes) is 1. The Morgan fingerprint density at radius 3 is 3.10 bits per heavy atom. The van der Waals surface area contributed by atoms with E-state index in [1.165, 1.54) is 0 Å². The molecular formula is C15H18ClN5. The highest BCUT2D eigenvalue weighted by molar-refractivity contribution is 6.30. The molecule has 2 aromatic heterocycles. The molecule has 0 unspecified atom stereocenters. The molecule has 0 bridgehead atoms. The Bertz CT molecular complexity index is 731. The van der Waals surface area contributed by atoms with E-state index in [2.05, 4.69) is 38.5 Å². The predicted octanol–water partition coefficient (Wildman–Crippen LogP) is 3.89. The summed E-state index contributed by atoms with van der Waals surface area (Å²) in [5.74, 6) is 0.962. The summed E-state index contributed by atoms with van der Waals surface area (Å²) >= 11 is 6.17. The lowest BCUT2D eigenvalue weighted by molar-refractivity contribution is 0.760. The third-order valence-electron chi connectivity index (χ3n) is 3.45. The first-order chi connectivity index (χ1) is 10.3. The number of nitrogens with zero attached hydrogens (tertiary/aromatic N) is 2. The van der Waals surface area contributed by atoms with Crippen molar-refractivity contribution in [1.82, 2.24) is 20.2 Å². The number of aromatic nitrogens is 4. The normalized spacial score (nSPS) is 11.1. The Morgan fingerprint density at radius 1 is 1.33 bits per heavy atom. The molecule has 0 saturated carbocycles. The minimum atomic E-state index is 0.554. The quantitative estimate of drug-likeness (QED) is 0.647. The molecule has 3 aromatic rings. The molecule has 2 heterocycles. The Labute approximate surface area is 128 Å². The van der Waals surface area contributed by atoms with Gasteiger partial charge in [0.1, 0.15) is 5.82 Å². The van der Waals surface area contributed by atoms with Gasteiger partial charge in [-0.15, -0.1) is 0 Å². The fourth-order valence-corrected chi connectivity index (χ4v) is 2.48. The largest absolute Gasteiger partial charge is 0.379 e. The molecule has 0 aliphatic carbocycles. The number of rotatable bonds is 6. The topological polar surface area (TPSA) is 69.4 Å². The number of anilines is 1. The van der Waals surface area contributed by atoms with E-state index in [0.29, 0.717) is 11.7 Å². The number of aryl methyl sites for hydroxylation is 1. The lowest BCUT2D eigenvalue weighted by atomic mass is 10.2. The van der Waals surface area contributed by atoms with Crippen molar-refractivity contribution in [1.29, 1.82) is 0 Å². The second-order valence-electron chi connectivity index (χ2n) is 5.08. The summed E-state index contributed by atoms with van der Waals surface area (Å²) in [6, 6.07) is 6.08. The first-order valence-electron chi connectivity index (χ1n) is 7.16. The lowest BCUT2D eigenvalue weighted by Gasteiger charge is -2.05. The average molecular weight is 304 g/mol. The van der Waals surface area contributed by atoms with Gasteiger partial charge in [0, 0.05) is 17.5 Å². The highest BCUT2D eigenvalue weighted by atomic mass is 35.5. The predicted molar refractivity (Wildman–Crippen MR) is 85.6 cm³/mol. The molecular weight excluding hydrogens is 286 g/mol. The van der Waals surface area contributed by atoms with Gasteiger partial charge in [0.2, 0.25) is 0 Å². The van der Waals surface area contributed by atoms with E-state index in [0.717, 1.165) is 47.4 Å². The number of benzene rings is 1. The fraction of sp³-hybridized carbons (Fsp3) is 0.333. The van der Waals surface area contributed by atoms with E-state index in [-0.39, 0.29) is 0 Å². The van der Waals surface area contributed by atoms with Gasteiger partial charge in [0.25, 0.3) is 0 Å². The highest BCUT2D eigenvalue weighted by Gasteiger charge is 2.08. The molecule has 0 radical (unpaired) electrons. The molecule has 0 spiro atoms. The Kier molecular flexibility index (Phi) is 4.10. The fourth-order valence-electron chi connectivity index (χ4n) is 2.26. The van der Waals surface area contributed by atoms with Crippen molar-refractivity contribution >= 4 is 28.2 Å². The Balaban J connectivity index is 1.67. The van der Waals surface area contributed by atoms with Crippen LogP contribution in [0.5, 0.6) is 0 Å². The van der Waals surface area contributed by atoms with E-state index in [1.807, 2.05) is 18.3 Å². The number of fused-ring (bicyclic) bond motifs is 1. The molecule has 21 heavy (non-hydrogen) atoms. The van der Waals surface area contributed by atoms with Gasteiger partial charge in [-0.2, -0.15) is 5.10 Å². The highest BCUT2D eigenvalue weighted by Crippen LogP contribution is 2.19. The zero-order valence-corrected chi connectivity index (χ0v) is 12.7. The number of imidazole rings is 1. The first-order valence-corrected chi connectivity index (χ1v) is 7.54. The van der Waals surface area contributed by atoms with Crippen LogP contribution in [0, 0.1) is 0 Å². The van der Waals surface area contributed by atoms with Gasteiger partial charge < -0.3 is 10.3 Å². The maximum atomic E-state index is 6.17. The summed E-state index contributed by atoms with van der Waals surface area (Å²) in [7, 11) is 0. The van der Waals surface area contributed by atoms with Crippen LogP contribution < -0.4 is 5.32 Å². The smallest absolute Gasteiger partial charge is 0.152 e. The van der Waals surface area contributed by atoms with E-state index in [4.69, 9.17) is 11.6 Å². The molecule has 0 fully saturated rings. The number of halogens is 1. The van der Waals surface area contributed by atoms with E-state index in [1.54, 1.807) is 0 Å². The van der Waals surface area contributed by atoms with Crippen LogP contribution >= 0.6 is 11.6 Å². The van der Waals surface area contributed by atoms with E-state index < -0.39 is 0 Å². The molecule has 3 rings (SSSR count). The summed E-state index contributed by atoms with van der Waals surface area (Å²) in [5, 5.41) is 11.9. The van der Waals surface area contributed by atoms with Crippen molar-refractivity contribution in [3.8, 4) is 0 Å². The SMILES string of the molecule is CCCCc1nc(Cl)c(CNc2ccc3[nH]ncc3c2)[nH]1. The number of nitrogens with one attached hydrogen (secondary N) is 3. The number of H-pyrrole nitrogens is 2. The number of aromatic amines is 2. The summed E-state index contributed by atoms with van der Waals surface area (Å²) in [4.78, 5) is 7.65. The summed E-state index contributed by atoms with van der Waals surface area (Å²) in [6.45, 7) is 2.79.